The van der Waals surface area contributed by atoms with Crippen LogP contribution in [0.1, 0.15) is 40.5 Å². The topological polar surface area (TPSA) is 105 Å². The molecule has 0 aromatic carbocycles. The van der Waals surface area contributed by atoms with E-state index < -0.39 is 19.9 Å². The summed E-state index contributed by atoms with van der Waals surface area (Å²) in [6, 6.07) is 2.77. The smallest absolute Gasteiger partial charge is 0.244 e. The molecule has 0 aliphatic carbocycles. The van der Waals surface area contributed by atoms with Gasteiger partial charge < -0.3 is 4.90 Å². The minimum atomic E-state index is -3.57. The summed E-state index contributed by atoms with van der Waals surface area (Å²) < 4.78 is 50.2. The zero-order chi connectivity index (χ0) is 22.5. The number of rotatable bonds is 10. The first-order valence-corrected chi connectivity index (χ1v) is 14.4. The van der Waals surface area contributed by atoms with E-state index >= 15 is 0 Å². The number of carbonyl (C=O) groups is 1. The van der Waals surface area contributed by atoms with Gasteiger partial charge in [0, 0.05) is 31.4 Å². The number of sulfone groups is 1. The number of carbonyl (C=O) groups excluding carboxylic acids is 1. The molecular formula is C19H31N3O5S3. The summed E-state index contributed by atoms with van der Waals surface area (Å²) in [4.78, 5) is 18.9. The van der Waals surface area contributed by atoms with Crippen LogP contribution < -0.4 is 0 Å². The van der Waals surface area contributed by atoms with E-state index in [1.54, 1.807) is 24.8 Å². The van der Waals surface area contributed by atoms with Gasteiger partial charge in [0.1, 0.15) is 4.90 Å². The molecule has 170 valence electrons. The SMILES string of the molecule is CCC(C)N(C(=O)CSc1ccc(S(=O)(=O)N(CC)CC)cn1)C1CCS(=O)(=O)C1. The van der Waals surface area contributed by atoms with Gasteiger partial charge in [-0.3, -0.25) is 4.79 Å². The predicted molar refractivity (Wildman–Crippen MR) is 119 cm³/mol. The molecule has 1 aliphatic rings. The van der Waals surface area contributed by atoms with Crippen molar-refractivity contribution >= 4 is 37.5 Å². The Labute approximate surface area is 184 Å². The number of sulfonamides is 1. The Bertz CT molecular complexity index is 929. The third-order valence-electron chi connectivity index (χ3n) is 5.35. The fourth-order valence-electron chi connectivity index (χ4n) is 3.53. The van der Waals surface area contributed by atoms with Crippen molar-refractivity contribution < 1.29 is 21.6 Å². The van der Waals surface area contributed by atoms with Crippen LogP contribution >= 0.6 is 11.8 Å². The van der Waals surface area contributed by atoms with Crippen molar-refractivity contribution in [2.75, 3.05) is 30.3 Å². The molecule has 2 heterocycles. The van der Waals surface area contributed by atoms with Crippen molar-refractivity contribution in [1.29, 1.82) is 0 Å². The van der Waals surface area contributed by atoms with Crippen molar-refractivity contribution in [3.05, 3.63) is 18.3 Å². The van der Waals surface area contributed by atoms with Gasteiger partial charge in [0.05, 0.1) is 22.3 Å². The average Bonchev–Trinajstić information content (AvgIpc) is 3.06. The number of pyridine rings is 1. The summed E-state index contributed by atoms with van der Waals surface area (Å²) >= 11 is 1.22. The summed E-state index contributed by atoms with van der Waals surface area (Å²) in [6.07, 6.45) is 2.53. The van der Waals surface area contributed by atoms with E-state index in [0.29, 0.717) is 24.5 Å². The largest absolute Gasteiger partial charge is 0.335 e. The minimum Gasteiger partial charge on any atom is -0.335 e. The van der Waals surface area contributed by atoms with Gasteiger partial charge in [-0.1, -0.05) is 32.5 Å². The van der Waals surface area contributed by atoms with E-state index in [0.717, 1.165) is 6.42 Å². The quantitative estimate of drug-likeness (QED) is 0.475. The van der Waals surface area contributed by atoms with E-state index in [1.165, 1.54) is 28.3 Å². The lowest BCUT2D eigenvalue weighted by Crippen LogP contribution is -2.47. The maximum absolute atomic E-state index is 12.9. The Morgan fingerprint density at radius 1 is 1.27 bits per heavy atom. The molecule has 0 N–H and O–H groups in total. The second-order valence-electron chi connectivity index (χ2n) is 7.33. The van der Waals surface area contributed by atoms with Gasteiger partial charge in [0.15, 0.2) is 9.84 Å². The van der Waals surface area contributed by atoms with E-state index in [-0.39, 0.29) is 40.1 Å². The maximum Gasteiger partial charge on any atom is 0.244 e. The highest BCUT2D eigenvalue weighted by Gasteiger charge is 2.36. The van der Waals surface area contributed by atoms with Crippen LogP contribution in [0.15, 0.2) is 28.3 Å². The predicted octanol–water partition coefficient (Wildman–Crippen LogP) is 2.02. The molecule has 0 spiro atoms. The normalized spacial score (nSPS) is 19.7. The van der Waals surface area contributed by atoms with E-state index in [9.17, 15) is 21.6 Å². The first-order valence-electron chi connectivity index (χ1n) is 10.2. The molecular weight excluding hydrogens is 446 g/mol. The molecule has 11 heteroatoms. The Balaban J connectivity index is 2.07. The number of nitrogens with zero attached hydrogens (tertiary/aromatic N) is 3. The van der Waals surface area contributed by atoms with E-state index in [2.05, 4.69) is 4.98 Å². The molecule has 1 saturated heterocycles. The van der Waals surface area contributed by atoms with Crippen LogP contribution in [0, 0.1) is 0 Å². The molecule has 1 aromatic rings. The zero-order valence-corrected chi connectivity index (χ0v) is 20.4. The Kier molecular flexibility index (Phi) is 8.72. The summed E-state index contributed by atoms with van der Waals surface area (Å²) in [5.41, 5.74) is 0. The molecule has 0 bridgehead atoms. The lowest BCUT2D eigenvalue weighted by atomic mass is 10.1. The lowest BCUT2D eigenvalue weighted by Gasteiger charge is -2.33. The number of hydrogen-bond acceptors (Lipinski definition) is 7. The van der Waals surface area contributed by atoms with Gasteiger partial charge in [-0.2, -0.15) is 4.31 Å². The maximum atomic E-state index is 12.9. The van der Waals surface area contributed by atoms with Crippen molar-refractivity contribution in [2.24, 2.45) is 0 Å². The van der Waals surface area contributed by atoms with Crippen LogP contribution in [0.5, 0.6) is 0 Å². The third-order valence-corrected chi connectivity index (χ3v) is 10.1. The zero-order valence-electron chi connectivity index (χ0n) is 17.9. The van der Waals surface area contributed by atoms with Gasteiger partial charge in [0.2, 0.25) is 15.9 Å². The molecule has 1 amide bonds. The molecule has 2 unspecified atom stereocenters. The highest BCUT2D eigenvalue weighted by Crippen LogP contribution is 2.24. The van der Waals surface area contributed by atoms with Crippen LogP contribution in [0.2, 0.25) is 0 Å². The second kappa shape index (κ2) is 10.4. The van der Waals surface area contributed by atoms with Crippen LogP contribution in [-0.2, 0) is 24.7 Å². The first kappa shape index (κ1) is 25.1. The molecule has 8 nitrogen and oxygen atoms in total. The van der Waals surface area contributed by atoms with Crippen LogP contribution in [0.4, 0.5) is 0 Å². The fraction of sp³-hybridized carbons (Fsp3) is 0.684. The Hall–Kier alpha value is -1.17. The fourth-order valence-corrected chi connectivity index (χ4v) is 7.36. The first-order chi connectivity index (χ1) is 14.1. The van der Waals surface area contributed by atoms with E-state index in [4.69, 9.17) is 0 Å². The van der Waals surface area contributed by atoms with Crippen LogP contribution in [0.3, 0.4) is 0 Å². The summed E-state index contributed by atoms with van der Waals surface area (Å²) in [5.74, 6) is 0.132. The van der Waals surface area contributed by atoms with E-state index in [1.807, 2.05) is 13.8 Å². The highest BCUT2D eigenvalue weighted by atomic mass is 32.2. The number of aromatic nitrogens is 1. The highest BCUT2D eigenvalue weighted by molar-refractivity contribution is 7.99. The van der Waals surface area contributed by atoms with Gasteiger partial charge in [-0.05, 0) is 31.9 Å². The number of amides is 1. The van der Waals surface area contributed by atoms with Crippen LogP contribution in [0.25, 0.3) is 0 Å². The van der Waals surface area contributed by atoms with Crippen molar-refractivity contribution in [3.8, 4) is 0 Å². The van der Waals surface area contributed by atoms with Gasteiger partial charge in [-0.15, -0.1) is 0 Å². The third kappa shape index (κ3) is 5.95. The summed E-state index contributed by atoms with van der Waals surface area (Å²) in [5, 5.41) is 0.546. The molecule has 1 aromatic heterocycles. The molecule has 1 aliphatic heterocycles. The van der Waals surface area contributed by atoms with Crippen molar-refractivity contribution in [3.63, 3.8) is 0 Å². The van der Waals surface area contributed by atoms with Crippen molar-refractivity contribution in [1.82, 2.24) is 14.2 Å². The molecule has 1 fully saturated rings. The van der Waals surface area contributed by atoms with Crippen LogP contribution in [-0.4, -0.2) is 79.4 Å². The second-order valence-corrected chi connectivity index (χ2v) is 12.5. The lowest BCUT2D eigenvalue weighted by molar-refractivity contribution is -0.132. The van der Waals surface area contributed by atoms with Gasteiger partial charge >= 0.3 is 0 Å². The molecule has 2 rings (SSSR count). The molecule has 0 saturated carbocycles. The Morgan fingerprint density at radius 2 is 1.93 bits per heavy atom. The Morgan fingerprint density at radius 3 is 2.40 bits per heavy atom. The standard InChI is InChI=1S/C19H31N3O5S3/c1-5-15(4)22(16-10-11-29(24,25)14-16)19(23)13-28-18-9-8-17(12-20-18)30(26,27)21(6-2)7-3/h8-9,12,15-16H,5-7,10-11,13-14H2,1-4H3. The monoisotopic (exact) mass is 477 g/mol. The molecule has 2 atom stereocenters. The van der Waals surface area contributed by atoms with Gasteiger partial charge in [-0.25, -0.2) is 21.8 Å². The molecule has 30 heavy (non-hydrogen) atoms. The van der Waals surface area contributed by atoms with Gasteiger partial charge in [0.25, 0.3) is 0 Å². The van der Waals surface area contributed by atoms with Crippen molar-refractivity contribution in [2.45, 2.75) is 62.5 Å². The summed E-state index contributed by atoms with van der Waals surface area (Å²) in [6.45, 7) is 8.22. The number of hydrogen-bond donors (Lipinski definition) is 0. The summed E-state index contributed by atoms with van der Waals surface area (Å²) in [7, 11) is -6.66. The average molecular weight is 478 g/mol. The number of thioether (sulfide) groups is 1. The minimum absolute atomic E-state index is 0.0178. The molecule has 0 radical (unpaired) electrons.